The minimum Gasteiger partial charge on any atom is -0.507 e. The Morgan fingerprint density at radius 3 is 2.37 bits per heavy atom. The highest BCUT2D eigenvalue weighted by atomic mass is 35.5. The second kappa shape index (κ2) is 9.00. The highest BCUT2D eigenvalue weighted by Gasteiger charge is 2.46. The highest BCUT2D eigenvalue weighted by Crippen LogP contribution is 2.41. The number of hydrogen-bond donors (Lipinski definition) is 2. The lowest BCUT2D eigenvalue weighted by Crippen LogP contribution is -2.31. The molecule has 8 heteroatoms. The van der Waals surface area contributed by atoms with Crippen LogP contribution in [0.4, 0.5) is 0 Å². The molecular formula is C22H20ClNO6. The second-order valence-corrected chi connectivity index (χ2v) is 7.15. The lowest BCUT2D eigenvalue weighted by molar-refractivity contribution is -0.140. The normalized spacial score (nSPS) is 17.9. The van der Waals surface area contributed by atoms with Crippen molar-refractivity contribution in [2.24, 2.45) is 0 Å². The quantitative estimate of drug-likeness (QED) is 0.395. The SMILES string of the molecule is COc1ccc(C(O)=C2C(=O)C(=O)N(CCCC(=O)O)C2c2ccccc2Cl)cc1. The molecule has 0 bridgehead atoms. The molecule has 0 aliphatic carbocycles. The summed E-state index contributed by atoms with van der Waals surface area (Å²) in [6, 6.07) is 12.2. The van der Waals surface area contributed by atoms with Gasteiger partial charge in [0.25, 0.3) is 11.7 Å². The van der Waals surface area contributed by atoms with Crippen molar-refractivity contribution in [1.29, 1.82) is 0 Å². The van der Waals surface area contributed by atoms with E-state index in [4.69, 9.17) is 21.4 Å². The monoisotopic (exact) mass is 429 g/mol. The fraction of sp³-hybridized carbons (Fsp3) is 0.227. The number of ether oxygens (including phenoxy) is 1. The fourth-order valence-electron chi connectivity index (χ4n) is 3.44. The van der Waals surface area contributed by atoms with E-state index in [0.717, 1.165) is 0 Å². The number of nitrogens with zero attached hydrogens (tertiary/aromatic N) is 1. The number of aliphatic carboxylic acids is 1. The molecule has 1 fully saturated rings. The number of ketones is 1. The van der Waals surface area contributed by atoms with Crippen LogP contribution in [0.2, 0.25) is 5.02 Å². The Hall–Kier alpha value is -3.32. The molecule has 1 atom stereocenters. The number of amides is 1. The van der Waals surface area contributed by atoms with Gasteiger partial charge >= 0.3 is 5.97 Å². The molecule has 1 heterocycles. The van der Waals surface area contributed by atoms with Crippen molar-refractivity contribution in [3.8, 4) is 5.75 Å². The van der Waals surface area contributed by atoms with Crippen LogP contribution in [0.25, 0.3) is 5.76 Å². The van der Waals surface area contributed by atoms with Gasteiger partial charge in [-0.25, -0.2) is 0 Å². The summed E-state index contributed by atoms with van der Waals surface area (Å²) >= 11 is 6.34. The van der Waals surface area contributed by atoms with Gasteiger partial charge in [-0.2, -0.15) is 0 Å². The Balaban J connectivity index is 2.10. The predicted molar refractivity (Wildman–Crippen MR) is 110 cm³/mol. The third-order valence-electron chi connectivity index (χ3n) is 4.89. The first-order valence-electron chi connectivity index (χ1n) is 9.24. The summed E-state index contributed by atoms with van der Waals surface area (Å²) in [4.78, 5) is 37.7. The number of halogens is 1. The van der Waals surface area contributed by atoms with Crippen molar-refractivity contribution in [2.75, 3.05) is 13.7 Å². The van der Waals surface area contributed by atoms with Crippen molar-refractivity contribution in [3.63, 3.8) is 0 Å². The number of carbonyl (C=O) groups is 3. The summed E-state index contributed by atoms with van der Waals surface area (Å²) in [6.45, 7) is 0.0339. The van der Waals surface area contributed by atoms with Gasteiger partial charge in [-0.1, -0.05) is 29.8 Å². The molecule has 1 unspecified atom stereocenters. The first kappa shape index (κ1) is 21.4. The van der Waals surface area contributed by atoms with Gasteiger partial charge in [-0.15, -0.1) is 0 Å². The number of hydrogen-bond acceptors (Lipinski definition) is 5. The van der Waals surface area contributed by atoms with Gasteiger partial charge in [0.05, 0.1) is 18.7 Å². The number of carbonyl (C=O) groups excluding carboxylic acids is 2. The van der Waals surface area contributed by atoms with Crippen LogP contribution >= 0.6 is 11.6 Å². The van der Waals surface area contributed by atoms with Crippen LogP contribution in [-0.4, -0.2) is 46.4 Å². The predicted octanol–water partition coefficient (Wildman–Crippen LogP) is 3.64. The van der Waals surface area contributed by atoms with Crippen LogP contribution in [0.5, 0.6) is 5.75 Å². The molecule has 7 nitrogen and oxygen atoms in total. The minimum absolute atomic E-state index is 0.0339. The summed E-state index contributed by atoms with van der Waals surface area (Å²) in [5.41, 5.74) is 0.730. The number of Topliss-reactive ketones (excluding diaryl/α,β-unsaturated/α-hetero) is 1. The maximum Gasteiger partial charge on any atom is 0.303 e. The Kier molecular flexibility index (Phi) is 6.42. The molecule has 0 radical (unpaired) electrons. The topological polar surface area (TPSA) is 104 Å². The van der Waals surface area contributed by atoms with Gasteiger partial charge in [-0.3, -0.25) is 14.4 Å². The van der Waals surface area contributed by atoms with Gasteiger partial charge in [0.15, 0.2) is 0 Å². The zero-order chi connectivity index (χ0) is 21.8. The molecule has 0 spiro atoms. The number of rotatable bonds is 7. The fourth-order valence-corrected chi connectivity index (χ4v) is 3.67. The van der Waals surface area contributed by atoms with E-state index >= 15 is 0 Å². The van der Waals surface area contributed by atoms with Crippen molar-refractivity contribution < 1.29 is 29.3 Å². The Labute approximate surface area is 178 Å². The van der Waals surface area contributed by atoms with Crippen LogP contribution in [-0.2, 0) is 14.4 Å². The lowest BCUT2D eigenvalue weighted by Gasteiger charge is -2.25. The van der Waals surface area contributed by atoms with E-state index in [-0.39, 0.29) is 30.7 Å². The summed E-state index contributed by atoms with van der Waals surface area (Å²) in [5, 5.41) is 20.2. The third-order valence-corrected chi connectivity index (χ3v) is 5.24. The molecule has 0 saturated carbocycles. The Morgan fingerprint density at radius 1 is 1.10 bits per heavy atom. The molecule has 2 N–H and O–H groups in total. The summed E-state index contributed by atoms with van der Waals surface area (Å²) in [7, 11) is 1.51. The minimum atomic E-state index is -1.00. The summed E-state index contributed by atoms with van der Waals surface area (Å²) in [6.07, 6.45) is 0.00258. The first-order chi connectivity index (χ1) is 14.3. The molecule has 1 aliphatic heterocycles. The number of aliphatic hydroxyl groups excluding tert-OH is 1. The van der Waals surface area contributed by atoms with Crippen molar-refractivity contribution >= 4 is 35.0 Å². The molecule has 1 amide bonds. The lowest BCUT2D eigenvalue weighted by atomic mass is 9.95. The molecule has 2 aromatic rings. The van der Waals surface area contributed by atoms with Gasteiger partial charge in [0, 0.05) is 23.6 Å². The van der Waals surface area contributed by atoms with Crippen molar-refractivity contribution in [2.45, 2.75) is 18.9 Å². The zero-order valence-corrected chi connectivity index (χ0v) is 16.9. The molecular weight excluding hydrogens is 410 g/mol. The first-order valence-corrected chi connectivity index (χ1v) is 9.62. The van der Waals surface area contributed by atoms with Gasteiger partial charge in [-0.05, 0) is 42.3 Å². The number of carboxylic acids is 1. The van der Waals surface area contributed by atoms with E-state index in [2.05, 4.69) is 0 Å². The van der Waals surface area contributed by atoms with E-state index < -0.39 is 23.7 Å². The Bertz CT molecular complexity index is 1010. The van der Waals surface area contributed by atoms with Crippen molar-refractivity contribution in [1.82, 2.24) is 4.90 Å². The molecule has 0 aromatic heterocycles. The molecule has 1 aliphatic rings. The van der Waals surface area contributed by atoms with Crippen LogP contribution in [0.3, 0.4) is 0 Å². The van der Waals surface area contributed by atoms with E-state index in [1.807, 2.05) is 0 Å². The number of methoxy groups -OCH3 is 1. The average Bonchev–Trinajstić information content (AvgIpc) is 2.98. The number of likely N-dealkylation sites (tertiary alicyclic amines) is 1. The summed E-state index contributed by atoms with van der Waals surface area (Å²) < 4.78 is 5.11. The van der Waals surface area contributed by atoms with E-state index in [1.165, 1.54) is 12.0 Å². The van der Waals surface area contributed by atoms with Gasteiger partial charge in [0.1, 0.15) is 11.5 Å². The maximum atomic E-state index is 12.9. The van der Waals surface area contributed by atoms with Gasteiger partial charge < -0.3 is 19.8 Å². The molecule has 1 saturated heterocycles. The third kappa shape index (κ3) is 4.16. The van der Waals surface area contributed by atoms with E-state index in [1.54, 1.807) is 48.5 Å². The number of aliphatic hydroxyl groups is 1. The standard InChI is InChI=1S/C22H20ClNO6/c1-30-14-10-8-13(9-11-14)20(27)18-19(15-5-2-3-6-16(15)23)24(22(29)21(18)28)12-4-7-17(25)26/h2-3,5-6,8-11,19,27H,4,7,12H2,1H3,(H,25,26). The molecule has 2 aromatic carbocycles. The number of carboxylic acid groups (broad SMARTS) is 1. The average molecular weight is 430 g/mol. The zero-order valence-electron chi connectivity index (χ0n) is 16.2. The highest BCUT2D eigenvalue weighted by molar-refractivity contribution is 6.47. The van der Waals surface area contributed by atoms with Crippen LogP contribution in [0, 0.1) is 0 Å². The van der Waals surface area contributed by atoms with E-state index in [9.17, 15) is 19.5 Å². The van der Waals surface area contributed by atoms with E-state index in [0.29, 0.717) is 21.9 Å². The maximum absolute atomic E-state index is 12.9. The molecule has 156 valence electrons. The largest absolute Gasteiger partial charge is 0.507 e. The molecule has 30 heavy (non-hydrogen) atoms. The van der Waals surface area contributed by atoms with Gasteiger partial charge in [0.2, 0.25) is 0 Å². The van der Waals surface area contributed by atoms with Crippen LogP contribution in [0.1, 0.15) is 30.0 Å². The van der Waals surface area contributed by atoms with Crippen LogP contribution < -0.4 is 4.74 Å². The molecule has 3 rings (SSSR count). The summed E-state index contributed by atoms with van der Waals surface area (Å²) in [5.74, 6) is -2.41. The van der Waals surface area contributed by atoms with Crippen LogP contribution in [0.15, 0.2) is 54.1 Å². The second-order valence-electron chi connectivity index (χ2n) is 6.74. The Morgan fingerprint density at radius 2 is 1.77 bits per heavy atom. The smallest absolute Gasteiger partial charge is 0.303 e. The number of benzene rings is 2. The van der Waals surface area contributed by atoms with Crippen molar-refractivity contribution in [3.05, 3.63) is 70.3 Å².